The van der Waals surface area contributed by atoms with Crippen molar-refractivity contribution in [1.29, 1.82) is 0 Å². The molecule has 3 aromatic rings. The molecule has 1 atom stereocenters. The van der Waals surface area contributed by atoms with E-state index < -0.39 is 26.6 Å². The molecule has 1 fully saturated rings. The van der Waals surface area contributed by atoms with Crippen LogP contribution in [0.5, 0.6) is 0 Å². The van der Waals surface area contributed by atoms with Gasteiger partial charge in [0.25, 0.3) is 10.0 Å². The molecule has 0 amide bonds. The summed E-state index contributed by atoms with van der Waals surface area (Å²) < 4.78 is 57.6. The molecular weight excluding hydrogens is 508 g/mol. The Bertz CT molecular complexity index is 1300. The van der Waals surface area contributed by atoms with Gasteiger partial charge in [0.2, 0.25) is 0 Å². The summed E-state index contributed by atoms with van der Waals surface area (Å²) in [6.07, 6.45) is 5.84. The summed E-state index contributed by atoms with van der Waals surface area (Å²) in [4.78, 5) is 10.5. The molecule has 0 spiro atoms. The molecule has 1 N–H and O–H groups in total. The number of piperidine rings is 1. The van der Waals surface area contributed by atoms with Crippen LogP contribution in [0.2, 0.25) is 5.02 Å². The minimum Gasteiger partial charge on any atom is -0.370 e. The average Bonchev–Trinajstić information content (AvgIpc) is 2.82. The highest BCUT2D eigenvalue weighted by atomic mass is 35.5. The molecule has 1 aliphatic rings. The Labute approximate surface area is 215 Å². The van der Waals surface area contributed by atoms with Gasteiger partial charge in [0.05, 0.1) is 0 Å². The van der Waals surface area contributed by atoms with E-state index in [2.05, 4.69) is 19.6 Å². The second-order valence-corrected chi connectivity index (χ2v) is 11.3. The van der Waals surface area contributed by atoms with Gasteiger partial charge in [0, 0.05) is 35.5 Å². The summed E-state index contributed by atoms with van der Waals surface area (Å²) in [6, 6.07) is 11.2. The monoisotopic (exact) mass is 535 g/mol. The fourth-order valence-corrected chi connectivity index (χ4v) is 6.06. The van der Waals surface area contributed by atoms with Gasteiger partial charge in [-0.05, 0) is 75.7 Å². The van der Waals surface area contributed by atoms with Crippen LogP contribution in [0.15, 0.2) is 59.9 Å². The fraction of sp³-hybridized carbons (Fsp3) is 0.360. The second-order valence-electron chi connectivity index (χ2n) is 9.21. The lowest BCUT2D eigenvalue weighted by molar-refractivity contribution is 0.116. The number of rotatable bonds is 8. The van der Waals surface area contributed by atoms with Gasteiger partial charge in [-0.15, -0.1) is 0 Å². The standard InChI is InChI=1S/C25H28ClF2N5O2S/c1-32(2)25(10-7-18-5-3-6-19(26)13-18)9-4-12-33(16-25)20-14-21(27)24(22(28)15-20)36(34,35)31-23-8-11-29-17-30-23/h3,5-6,8,11,13-15,17H,4,7,9-10,12,16H2,1-2H3,(H,29,30,31)/t25-/m1/s1. The van der Waals surface area contributed by atoms with E-state index in [1.54, 1.807) is 0 Å². The van der Waals surface area contributed by atoms with E-state index in [9.17, 15) is 8.42 Å². The van der Waals surface area contributed by atoms with Crippen molar-refractivity contribution in [3.8, 4) is 0 Å². The maximum Gasteiger partial charge on any atom is 0.268 e. The summed E-state index contributed by atoms with van der Waals surface area (Å²) in [5, 5.41) is 0.687. The number of benzene rings is 2. The minimum atomic E-state index is -4.53. The van der Waals surface area contributed by atoms with E-state index in [-0.39, 0.29) is 11.4 Å². The Balaban J connectivity index is 1.57. The van der Waals surface area contributed by atoms with Crippen molar-refractivity contribution in [3.63, 3.8) is 0 Å². The lowest BCUT2D eigenvalue weighted by Crippen LogP contribution is -2.56. The van der Waals surface area contributed by atoms with Crippen LogP contribution in [0.25, 0.3) is 0 Å². The Morgan fingerprint density at radius 3 is 2.56 bits per heavy atom. The van der Waals surface area contributed by atoms with E-state index >= 15 is 8.78 Å². The third-order valence-corrected chi connectivity index (χ3v) is 8.35. The summed E-state index contributed by atoms with van der Waals surface area (Å²) in [5.41, 5.74) is 1.20. The molecule has 4 rings (SSSR count). The zero-order chi connectivity index (χ0) is 25.9. The molecule has 2 heterocycles. The summed E-state index contributed by atoms with van der Waals surface area (Å²) in [7, 11) is -0.507. The highest BCUT2D eigenvalue weighted by Gasteiger charge is 2.38. The highest BCUT2D eigenvalue weighted by Crippen LogP contribution is 2.35. The van der Waals surface area contributed by atoms with Crippen LogP contribution in [0, 0.1) is 11.6 Å². The zero-order valence-electron chi connectivity index (χ0n) is 20.1. The van der Waals surface area contributed by atoms with Crippen molar-refractivity contribution in [3.05, 3.63) is 77.2 Å². The Kier molecular flexibility index (Phi) is 7.77. The minimum absolute atomic E-state index is 0.0839. The number of sulfonamides is 1. The van der Waals surface area contributed by atoms with Crippen molar-refractivity contribution < 1.29 is 17.2 Å². The molecular formula is C25H28ClF2N5O2S. The molecule has 11 heteroatoms. The largest absolute Gasteiger partial charge is 0.370 e. The molecule has 0 bridgehead atoms. The van der Waals surface area contributed by atoms with Crippen LogP contribution in [-0.2, 0) is 16.4 Å². The molecule has 0 radical (unpaired) electrons. The predicted octanol–water partition coefficient (Wildman–Crippen LogP) is 4.74. The molecule has 1 aromatic heterocycles. The molecule has 0 unspecified atom stereocenters. The van der Waals surface area contributed by atoms with Crippen molar-refractivity contribution in [2.75, 3.05) is 36.8 Å². The normalized spacial score (nSPS) is 18.4. The first kappa shape index (κ1) is 26.2. The van der Waals surface area contributed by atoms with Gasteiger partial charge in [0.1, 0.15) is 23.8 Å². The fourth-order valence-electron chi connectivity index (χ4n) is 4.72. The maximum atomic E-state index is 15.1. The van der Waals surface area contributed by atoms with Gasteiger partial charge in [-0.1, -0.05) is 23.7 Å². The number of halogens is 3. The van der Waals surface area contributed by atoms with E-state index in [0.717, 1.165) is 49.7 Å². The van der Waals surface area contributed by atoms with Crippen molar-refractivity contribution >= 4 is 33.1 Å². The van der Waals surface area contributed by atoms with Crippen LogP contribution in [-0.4, -0.2) is 56.0 Å². The summed E-state index contributed by atoms with van der Waals surface area (Å²) in [5.74, 6) is -2.41. The van der Waals surface area contributed by atoms with E-state index in [0.29, 0.717) is 23.8 Å². The lowest BCUT2D eigenvalue weighted by Gasteiger charge is -2.48. The van der Waals surface area contributed by atoms with Gasteiger partial charge < -0.3 is 9.80 Å². The molecule has 0 saturated carbocycles. The number of hydrogen-bond acceptors (Lipinski definition) is 6. The van der Waals surface area contributed by atoms with Crippen LogP contribution < -0.4 is 9.62 Å². The first-order valence-electron chi connectivity index (χ1n) is 11.5. The number of hydrogen-bond donors (Lipinski definition) is 1. The molecule has 1 saturated heterocycles. The smallest absolute Gasteiger partial charge is 0.268 e. The number of nitrogens with one attached hydrogen (secondary N) is 1. The molecule has 2 aromatic carbocycles. The Morgan fingerprint density at radius 1 is 1.17 bits per heavy atom. The topological polar surface area (TPSA) is 78.4 Å². The van der Waals surface area contributed by atoms with Crippen molar-refractivity contribution in [2.24, 2.45) is 0 Å². The third kappa shape index (κ3) is 5.77. The lowest BCUT2D eigenvalue weighted by atomic mass is 9.82. The maximum absolute atomic E-state index is 15.1. The van der Waals surface area contributed by atoms with Crippen LogP contribution in [0.3, 0.4) is 0 Å². The quantitative estimate of drug-likeness (QED) is 0.449. The summed E-state index contributed by atoms with van der Waals surface area (Å²) in [6.45, 7) is 1.15. The zero-order valence-corrected chi connectivity index (χ0v) is 21.7. The third-order valence-electron chi connectivity index (χ3n) is 6.71. The average molecular weight is 536 g/mol. The van der Waals surface area contributed by atoms with E-state index in [4.69, 9.17) is 11.6 Å². The first-order chi connectivity index (χ1) is 17.1. The van der Waals surface area contributed by atoms with Crippen LogP contribution in [0.4, 0.5) is 20.3 Å². The van der Waals surface area contributed by atoms with Gasteiger partial charge >= 0.3 is 0 Å². The number of anilines is 2. The van der Waals surface area contributed by atoms with Crippen LogP contribution in [0.1, 0.15) is 24.8 Å². The second kappa shape index (κ2) is 10.7. The van der Waals surface area contributed by atoms with Crippen LogP contribution >= 0.6 is 11.6 Å². The molecule has 7 nitrogen and oxygen atoms in total. The van der Waals surface area contributed by atoms with E-state index in [1.165, 1.54) is 12.3 Å². The van der Waals surface area contributed by atoms with E-state index in [1.807, 2.05) is 43.3 Å². The summed E-state index contributed by atoms with van der Waals surface area (Å²) >= 11 is 6.14. The number of likely N-dealkylation sites (N-methyl/N-ethyl adjacent to an activating group) is 1. The molecule has 36 heavy (non-hydrogen) atoms. The Morgan fingerprint density at radius 2 is 1.92 bits per heavy atom. The predicted molar refractivity (Wildman–Crippen MR) is 137 cm³/mol. The molecule has 192 valence electrons. The SMILES string of the molecule is CN(C)[C@@]1(CCc2cccc(Cl)c2)CCCN(c2cc(F)c(S(=O)(=O)Nc3ccncn3)c(F)c2)C1. The highest BCUT2D eigenvalue weighted by molar-refractivity contribution is 7.92. The number of aryl methyl sites for hydroxylation is 1. The van der Waals surface area contributed by atoms with Crippen molar-refractivity contribution in [1.82, 2.24) is 14.9 Å². The van der Waals surface area contributed by atoms with Gasteiger partial charge in [-0.2, -0.15) is 0 Å². The molecule has 0 aliphatic carbocycles. The van der Waals surface area contributed by atoms with Crippen molar-refractivity contribution in [2.45, 2.75) is 36.1 Å². The van der Waals surface area contributed by atoms with Gasteiger partial charge in [0.15, 0.2) is 4.90 Å². The first-order valence-corrected chi connectivity index (χ1v) is 13.4. The number of aromatic nitrogens is 2. The van der Waals surface area contributed by atoms with Gasteiger partial charge in [-0.3, -0.25) is 4.72 Å². The molecule has 1 aliphatic heterocycles. The Hall–Kier alpha value is -2.82. The van der Waals surface area contributed by atoms with Gasteiger partial charge in [-0.25, -0.2) is 27.2 Å². The number of nitrogens with zero attached hydrogens (tertiary/aromatic N) is 4.